The van der Waals surface area contributed by atoms with E-state index < -0.39 is 0 Å². The van der Waals surface area contributed by atoms with Gasteiger partial charge in [0.1, 0.15) is 30.8 Å². The number of ether oxygens (including phenoxy) is 2. The van der Waals surface area contributed by atoms with E-state index in [0.717, 1.165) is 36.1 Å². The Morgan fingerprint density at radius 1 is 0.833 bits per heavy atom. The van der Waals surface area contributed by atoms with Crippen LogP contribution in [0.2, 0.25) is 0 Å². The number of hydrogen-bond acceptors (Lipinski definition) is 2. The molecule has 0 amide bonds. The lowest BCUT2D eigenvalue weighted by molar-refractivity contribution is -0.716. The van der Waals surface area contributed by atoms with Gasteiger partial charge in [0.2, 0.25) is 0 Å². The fourth-order valence-electron chi connectivity index (χ4n) is 3.90. The molecule has 4 nitrogen and oxygen atoms in total. The first-order chi connectivity index (χ1) is 14.3. The molecule has 0 bridgehead atoms. The number of aromatic nitrogens is 2. The van der Waals surface area contributed by atoms with Crippen molar-refractivity contribution in [2.45, 2.75) is 13.2 Å². The predicted molar refractivity (Wildman–Crippen MR) is 113 cm³/mol. The molecular weight excluding hydrogens is 440 g/mol. The summed E-state index contributed by atoms with van der Waals surface area (Å²) >= 11 is 0. The smallest absolute Gasteiger partial charge is 0.288 e. The number of hydrogen-bond donors (Lipinski definition) is 0. The van der Waals surface area contributed by atoms with Crippen molar-refractivity contribution in [3.05, 3.63) is 90.9 Å². The van der Waals surface area contributed by atoms with E-state index in [0.29, 0.717) is 6.61 Å². The Hall–Kier alpha value is -2.89. The van der Waals surface area contributed by atoms with Gasteiger partial charge in [0.25, 0.3) is 5.82 Å². The molecule has 5 heteroatoms. The minimum absolute atomic E-state index is 0. The molecule has 1 aliphatic heterocycles. The molecule has 0 atom stereocenters. The molecular formula is C25H23BrN2O2. The maximum Gasteiger partial charge on any atom is 0.288 e. The predicted octanol–water partition coefficient (Wildman–Crippen LogP) is 1.64. The molecule has 0 saturated carbocycles. The van der Waals surface area contributed by atoms with E-state index in [1.54, 1.807) is 7.11 Å². The van der Waals surface area contributed by atoms with Gasteiger partial charge in [0, 0.05) is 5.56 Å². The second-order valence-electron chi connectivity index (χ2n) is 7.15. The highest BCUT2D eigenvalue weighted by Gasteiger charge is 2.28. The lowest BCUT2D eigenvalue weighted by Crippen LogP contribution is -3.00. The van der Waals surface area contributed by atoms with E-state index in [-0.39, 0.29) is 17.0 Å². The van der Waals surface area contributed by atoms with Crippen LogP contribution in [-0.4, -0.2) is 18.3 Å². The van der Waals surface area contributed by atoms with E-state index in [4.69, 9.17) is 9.47 Å². The van der Waals surface area contributed by atoms with Crippen molar-refractivity contribution in [2.24, 2.45) is 0 Å². The standard InChI is InChI=1S/C25H23N2O2.BrH/c1-28-23-13-11-22(12-14-23)27-24(17-26-15-16-29-18-25(26)27)21-9-7-20(8-10-21)19-5-3-2-4-6-19;/h2-14,17H,15-16,18H2,1H3;1H/q+1;/p-1. The lowest BCUT2D eigenvalue weighted by atomic mass is 10.0. The van der Waals surface area contributed by atoms with Gasteiger partial charge in [-0.1, -0.05) is 42.5 Å². The highest BCUT2D eigenvalue weighted by atomic mass is 79.9. The third-order valence-electron chi connectivity index (χ3n) is 5.43. The molecule has 1 aromatic heterocycles. The molecule has 0 radical (unpaired) electrons. The van der Waals surface area contributed by atoms with Crippen molar-refractivity contribution in [3.8, 4) is 33.8 Å². The summed E-state index contributed by atoms with van der Waals surface area (Å²) in [6.07, 6.45) is 2.24. The van der Waals surface area contributed by atoms with Gasteiger partial charge in [0.15, 0.2) is 5.69 Å². The van der Waals surface area contributed by atoms with E-state index >= 15 is 0 Å². The monoisotopic (exact) mass is 462 g/mol. The van der Waals surface area contributed by atoms with Crippen LogP contribution in [0.25, 0.3) is 28.1 Å². The summed E-state index contributed by atoms with van der Waals surface area (Å²) in [5.41, 5.74) is 5.90. The van der Waals surface area contributed by atoms with Crippen LogP contribution in [0.1, 0.15) is 5.82 Å². The number of fused-ring (bicyclic) bond motifs is 1. The van der Waals surface area contributed by atoms with Crippen molar-refractivity contribution in [1.29, 1.82) is 0 Å². The Kier molecular flexibility index (Phi) is 6.02. The first-order valence-corrected chi connectivity index (χ1v) is 9.85. The van der Waals surface area contributed by atoms with Gasteiger partial charge in [0.05, 0.1) is 13.7 Å². The fourth-order valence-corrected chi connectivity index (χ4v) is 3.90. The minimum atomic E-state index is 0. The summed E-state index contributed by atoms with van der Waals surface area (Å²) < 4.78 is 15.7. The van der Waals surface area contributed by atoms with Gasteiger partial charge < -0.3 is 26.5 Å². The van der Waals surface area contributed by atoms with Crippen LogP contribution in [-0.2, 0) is 17.9 Å². The van der Waals surface area contributed by atoms with Crippen LogP contribution in [0.15, 0.2) is 85.1 Å². The first-order valence-electron chi connectivity index (χ1n) is 9.85. The number of imidazole rings is 1. The summed E-state index contributed by atoms with van der Waals surface area (Å²) in [4.78, 5) is 0. The maximum atomic E-state index is 5.76. The van der Waals surface area contributed by atoms with Gasteiger partial charge in [-0.25, -0.2) is 4.57 Å². The quantitative estimate of drug-likeness (QED) is 0.431. The van der Waals surface area contributed by atoms with Gasteiger partial charge in [-0.15, -0.1) is 0 Å². The van der Waals surface area contributed by atoms with Gasteiger partial charge in [-0.2, -0.15) is 4.57 Å². The van der Waals surface area contributed by atoms with Crippen molar-refractivity contribution in [1.82, 2.24) is 4.57 Å². The van der Waals surface area contributed by atoms with Crippen LogP contribution in [0.4, 0.5) is 0 Å². The van der Waals surface area contributed by atoms with E-state index in [9.17, 15) is 0 Å². The van der Waals surface area contributed by atoms with E-state index in [1.165, 1.54) is 16.7 Å². The Morgan fingerprint density at radius 3 is 2.20 bits per heavy atom. The van der Waals surface area contributed by atoms with Crippen molar-refractivity contribution >= 4 is 0 Å². The molecule has 152 valence electrons. The van der Waals surface area contributed by atoms with Crippen LogP contribution in [0.5, 0.6) is 5.75 Å². The molecule has 0 unspecified atom stereocenters. The molecule has 1 aliphatic rings. The molecule has 3 aromatic carbocycles. The van der Waals surface area contributed by atoms with Crippen LogP contribution in [0, 0.1) is 0 Å². The minimum Gasteiger partial charge on any atom is -1.00 e. The fraction of sp³-hybridized carbons (Fsp3) is 0.160. The zero-order chi connectivity index (χ0) is 19.6. The van der Waals surface area contributed by atoms with E-state index in [1.807, 2.05) is 18.2 Å². The first kappa shape index (κ1) is 20.4. The van der Waals surface area contributed by atoms with Crippen LogP contribution in [0.3, 0.4) is 0 Å². The molecule has 0 aliphatic carbocycles. The zero-order valence-corrected chi connectivity index (χ0v) is 18.4. The summed E-state index contributed by atoms with van der Waals surface area (Å²) in [7, 11) is 1.69. The molecule has 5 rings (SSSR count). The Morgan fingerprint density at radius 2 is 1.50 bits per heavy atom. The summed E-state index contributed by atoms with van der Waals surface area (Å²) in [6.45, 7) is 2.22. The normalized spacial score (nSPS) is 12.7. The maximum absolute atomic E-state index is 5.76. The largest absolute Gasteiger partial charge is 1.00 e. The van der Waals surface area contributed by atoms with E-state index in [2.05, 4.69) is 76.0 Å². The van der Waals surface area contributed by atoms with Crippen molar-refractivity contribution < 1.29 is 31.0 Å². The number of rotatable bonds is 4. The number of nitrogens with zero attached hydrogens (tertiary/aromatic N) is 2. The Labute approximate surface area is 187 Å². The molecule has 30 heavy (non-hydrogen) atoms. The van der Waals surface area contributed by atoms with Crippen LogP contribution >= 0.6 is 0 Å². The molecule has 0 fully saturated rings. The Balaban J connectivity index is 0.00000218. The molecule has 0 N–H and O–H groups in total. The Bertz CT molecular complexity index is 1120. The van der Waals surface area contributed by atoms with Gasteiger partial charge in [-0.3, -0.25) is 0 Å². The third-order valence-corrected chi connectivity index (χ3v) is 5.43. The average molecular weight is 463 g/mol. The van der Waals surface area contributed by atoms with Gasteiger partial charge in [-0.05, 0) is 47.5 Å². The van der Waals surface area contributed by atoms with Crippen LogP contribution < -0.4 is 26.3 Å². The summed E-state index contributed by atoms with van der Waals surface area (Å²) in [5.74, 6) is 2.01. The zero-order valence-electron chi connectivity index (χ0n) is 16.8. The highest BCUT2D eigenvalue weighted by molar-refractivity contribution is 5.69. The molecule has 0 spiro atoms. The molecule has 0 saturated heterocycles. The molecule has 4 aromatic rings. The highest BCUT2D eigenvalue weighted by Crippen LogP contribution is 2.29. The molecule has 2 heterocycles. The van der Waals surface area contributed by atoms with Gasteiger partial charge >= 0.3 is 0 Å². The second-order valence-corrected chi connectivity index (χ2v) is 7.15. The topological polar surface area (TPSA) is 27.3 Å². The summed E-state index contributed by atoms with van der Waals surface area (Å²) in [6, 6.07) is 27.4. The van der Waals surface area contributed by atoms with Crippen molar-refractivity contribution in [2.75, 3.05) is 13.7 Å². The van der Waals surface area contributed by atoms with Crippen molar-refractivity contribution in [3.63, 3.8) is 0 Å². The average Bonchev–Trinajstić information content (AvgIpc) is 3.19. The SMILES string of the molecule is COc1ccc(-n2c(-c3ccc(-c4ccccc4)cc3)c[n+]3c2COCC3)cc1.[Br-]. The lowest BCUT2D eigenvalue weighted by Gasteiger charge is -2.11. The number of methoxy groups -OCH3 is 1. The number of halogens is 1. The number of benzene rings is 3. The third kappa shape index (κ3) is 3.78. The summed E-state index contributed by atoms with van der Waals surface area (Å²) in [5, 5.41) is 0. The second kappa shape index (κ2) is 8.86.